The molecule has 1 heterocycles. The molecule has 1 aromatic heterocycles. The van der Waals surface area contributed by atoms with Gasteiger partial charge < -0.3 is 4.98 Å². The van der Waals surface area contributed by atoms with Gasteiger partial charge in [-0.2, -0.15) is 0 Å². The van der Waals surface area contributed by atoms with Gasteiger partial charge in [0.1, 0.15) is 5.69 Å². The topological polar surface area (TPSA) is 44.9 Å². The summed E-state index contributed by atoms with van der Waals surface area (Å²) >= 11 is 3.71. The smallest absolute Gasteiger partial charge is 0.277 e. The fraction of sp³-hybridized carbons (Fsp3) is 0.100. The number of carbonyl (C=O) groups excluding carboxylic acids is 1. The number of aromatic amines is 1. The molecule has 0 aliphatic carbocycles. The van der Waals surface area contributed by atoms with Crippen LogP contribution in [0.2, 0.25) is 0 Å². The van der Waals surface area contributed by atoms with Crippen molar-refractivity contribution in [3.05, 3.63) is 35.5 Å². The van der Waals surface area contributed by atoms with E-state index in [0.717, 1.165) is 16.5 Å². The van der Waals surface area contributed by atoms with Gasteiger partial charge in [-0.3, -0.25) is 9.52 Å². The Bertz CT molecular complexity index is 490. The fourth-order valence-electron chi connectivity index (χ4n) is 1.49. The van der Waals surface area contributed by atoms with Gasteiger partial charge in [0, 0.05) is 10.9 Å². The third-order valence-electron chi connectivity index (χ3n) is 2.21. The van der Waals surface area contributed by atoms with Gasteiger partial charge in [0.05, 0.1) is 0 Å². The van der Waals surface area contributed by atoms with Crippen LogP contribution in [0.25, 0.3) is 10.9 Å². The number of amides is 1. The van der Waals surface area contributed by atoms with E-state index >= 15 is 0 Å². The average Bonchev–Trinajstić information content (AvgIpc) is 2.62. The van der Waals surface area contributed by atoms with Crippen molar-refractivity contribution >= 4 is 29.6 Å². The van der Waals surface area contributed by atoms with E-state index in [9.17, 15) is 4.79 Å². The molecule has 1 amide bonds. The van der Waals surface area contributed by atoms with Crippen molar-refractivity contribution in [2.24, 2.45) is 0 Å². The predicted octanol–water partition coefficient (Wildman–Crippen LogP) is 2.05. The number of aromatic nitrogens is 1. The lowest BCUT2D eigenvalue weighted by Gasteiger charge is -1.94. The maximum absolute atomic E-state index is 11.3. The van der Waals surface area contributed by atoms with Crippen molar-refractivity contribution in [1.82, 2.24) is 9.71 Å². The molecule has 3 nitrogen and oxygen atoms in total. The Labute approximate surface area is 87.1 Å². The van der Waals surface area contributed by atoms with Crippen LogP contribution in [-0.2, 0) is 0 Å². The van der Waals surface area contributed by atoms with Crippen LogP contribution >= 0.6 is 12.8 Å². The molecule has 0 atom stereocenters. The Balaban J connectivity index is 2.62. The fourth-order valence-corrected chi connectivity index (χ4v) is 1.61. The van der Waals surface area contributed by atoms with Crippen LogP contribution in [-0.4, -0.2) is 10.9 Å². The summed E-state index contributed by atoms with van der Waals surface area (Å²) in [6.45, 7) is 2.00. The van der Waals surface area contributed by atoms with Gasteiger partial charge in [0.15, 0.2) is 0 Å². The number of fused-ring (bicyclic) bond motifs is 1. The molecular weight excluding hydrogens is 196 g/mol. The van der Waals surface area contributed by atoms with Crippen LogP contribution in [0.15, 0.2) is 24.3 Å². The number of thiol groups is 1. The molecular formula is C10H10N2OS. The predicted molar refractivity (Wildman–Crippen MR) is 59.5 cm³/mol. The van der Waals surface area contributed by atoms with Gasteiger partial charge in [-0.05, 0) is 18.6 Å². The van der Waals surface area contributed by atoms with Gasteiger partial charge >= 0.3 is 0 Å². The van der Waals surface area contributed by atoms with Gasteiger partial charge in [-0.15, -0.1) is 0 Å². The number of rotatable bonds is 1. The lowest BCUT2D eigenvalue weighted by Crippen LogP contribution is -2.12. The van der Waals surface area contributed by atoms with Crippen LogP contribution in [0, 0.1) is 6.92 Å². The van der Waals surface area contributed by atoms with Crippen molar-refractivity contribution < 1.29 is 4.79 Å². The zero-order valence-electron chi connectivity index (χ0n) is 7.66. The van der Waals surface area contributed by atoms with Crippen molar-refractivity contribution in [3.8, 4) is 0 Å². The molecule has 0 saturated carbocycles. The molecule has 0 aliphatic rings. The normalized spacial score (nSPS) is 10.4. The molecule has 0 aliphatic heterocycles. The SMILES string of the molecule is Cc1cccc2cc(C(=O)NS)[nH]c12. The second kappa shape index (κ2) is 3.38. The molecule has 72 valence electrons. The Hall–Kier alpha value is -1.42. The highest BCUT2D eigenvalue weighted by molar-refractivity contribution is 7.78. The van der Waals surface area contributed by atoms with E-state index in [-0.39, 0.29) is 5.91 Å². The van der Waals surface area contributed by atoms with E-state index in [1.165, 1.54) is 0 Å². The number of H-pyrrole nitrogens is 1. The molecule has 0 spiro atoms. The molecule has 1 aromatic carbocycles. The molecule has 0 saturated heterocycles. The molecule has 2 N–H and O–H groups in total. The van der Waals surface area contributed by atoms with Gasteiger partial charge in [0.2, 0.25) is 0 Å². The summed E-state index contributed by atoms with van der Waals surface area (Å²) < 4.78 is 2.29. The summed E-state index contributed by atoms with van der Waals surface area (Å²) in [4.78, 5) is 14.3. The minimum Gasteiger partial charge on any atom is -0.350 e. The molecule has 14 heavy (non-hydrogen) atoms. The molecule has 4 heteroatoms. The number of nitrogens with one attached hydrogen (secondary N) is 2. The minimum atomic E-state index is -0.219. The minimum absolute atomic E-state index is 0.219. The Morgan fingerprint density at radius 2 is 2.29 bits per heavy atom. The van der Waals surface area contributed by atoms with Crippen LogP contribution in [0.4, 0.5) is 0 Å². The molecule has 2 aromatic rings. The number of para-hydroxylation sites is 1. The maximum Gasteiger partial charge on any atom is 0.277 e. The Kier molecular flexibility index (Phi) is 2.21. The lowest BCUT2D eigenvalue weighted by molar-refractivity contribution is 0.0981. The molecule has 2 rings (SSSR count). The second-order valence-electron chi connectivity index (χ2n) is 3.16. The average molecular weight is 206 g/mol. The first-order valence-corrected chi connectivity index (χ1v) is 4.70. The number of hydrogen-bond acceptors (Lipinski definition) is 2. The highest BCUT2D eigenvalue weighted by Gasteiger charge is 2.08. The molecule has 0 bridgehead atoms. The van der Waals surface area contributed by atoms with Crippen molar-refractivity contribution in [1.29, 1.82) is 0 Å². The van der Waals surface area contributed by atoms with E-state index in [0.29, 0.717) is 5.69 Å². The zero-order valence-corrected chi connectivity index (χ0v) is 8.56. The maximum atomic E-state index is 11.3. The second-order valence-corrected chi connectivity index (χ2v) is 3.39. The molecule has 0 radical (unpaired) electrons. The number of aryl methyl sites for hydroxylation is 1. The van der Waals surface area contributed by atoms with Crippen molar-refractivity contribution in [3.63, 3.8) is 0 Å². The summed E-state index contributed by atoms with van der Waals surface area (Å²) in [6, 6.07) is 7.75. The first kappa shape index (κ1) is 9.15. The first-order valence-electron chi connectivity index (χ1n) is 4.25. The quantitative estimate of drug-likeness (QED) is 0.614. The van der Waals surface area contributed by atoms with Crippen LogP contribution < -0.4 is 4.72 Å². The van der Waals surface area contributed by atoms with Crippen molar-refractivity contribution in [2.75, 3.05) is 0 Å². The Morgan fingerprint density at radius 1 is 1.50 bits per heavy atom. The molecule has 0 fully saturated rings. The third-order valence-corrected chi connectivity index (χ3v) is 2.41. The highest BCUT2D eigenvalue weighted by Crippen LogP contribution is 2.18. The van der Waals surface area contributed by atoms with Gasteiger partial charge in [0.25, 0.3) is 5.91 Å². The third kappa shape index (κ3) is 1.37. The summed E-state index contributed by atoms with van der Waals surface area (Å²) in [5.74, 6) is -0.219. The van der Waals surface area contributed by atoms with E-state index in [2.05, 4.69) is 22.5 Å². The van der Waals surface area contributed by atoms with E-state index in [1.807, 2.05) is 31.2 Å². The summed E-state index contributed by atoms with van der Waals surface area (Å²) in [7, 11) is 0. The van der Waals surface area contributed by atoms with Crippen LogP contribution in [0.1, 0.15) is 16.1 Å². The Morgan fingerprint density at radius 3 is 2.93 bits per heavy atom. The van der Waals surface area contributed by atoms with Crippen LogP contribution in [0.5, 0.6) is 0 Å². The van der Waals surface area contributed by atoms with Gasteiger partial charge in [-0.1, -0.05) is 31.0 Å². The van der Waals surface area contributed by atoms with E-state index < -0.39 is 0 Å². The standard InChI is InChI=1S/C10H10N2OS/c1-6-3-2-4-7-5-8(10(13)12-14)11-9(6)7/h2-5,11,14H,1H3,(H,12,13). The largest absolute Gasteiger partial charge is 0.350 e. The molecule has 0 unspecified atom stereocenters. The number of hydrogen-bond donors (Lipinski definition) is 3. The summed E-state index contributed by atoms with van der Waals surface area (Å²) in [5, 5.41) is 1.04. The van der Waals surface area contributed by atoms with E-state index in [4.69, 9.17) is 0 Å². The lowest BCUT2D eigenvalue weighted by atomic mass is 10.2. The summed E-state index contributed by atoms with van der Waals surface area (Å²) in [5.41, 5.74) is 2.66. The number of carbonyl (C=O) groups is 1. The van der Waals surface area contributed by atoms with Crippen molar-refractivity contribution in [2.45, 2.75) is 6.92 Å². The van der Waals surface area contributed by atoms with Gasteiger partial charge in [-0.25, -0.2) is 0 Å². The zero-order chi connectivity index (χ0) is 10.1. The number of benzene rings is 1. The van der Waals surface area contributed by atoms with E-state index in [1.54, 1.807) is 0 Å². The highest BCUT2D eigenvalue weighted by atomic mass is 32.1. The monoisotopic (exact) mass is 206 g/mol. The van der Waals surface area contributed by atoms with Crippen LogP contribution in [0.3, 0.4) is 0 Å². The first-order chi connectivity index (χ1) is 6.72. The summed E-state index contributed by atoms with van der Waals surface area (Å²) in [6.07, 6.45) is 0.